The van der Waals surface area contributed by atoms with Crippen molar-refractivity contribution in [1.29, 1.82) is 0 Å². The highest BCUT2D eigenvalue weighted by Gasteiger charge is 2.24. The molecule has 1 aliphatic rings. The summed E-state index contributed by atoms with van der Waals surface area (Å²) < 4.78 is 6.26. The second kappa shape index (κ2) is 7.67. The molecule has 0 saturated carbocycles. The molecule has 27 heavy (non-hydrogen) atoms. The molecule has 0 radical (unpaired) electrons. The van der Waals surface area contributed by atoms with Gasteiger partial charge in [-0.15, -0.1) is 0 Å². The molecular formula is C24H22O3. The summed E-state index contributed by atoms with van der Waals surface area (Å²) in [5.74, 6) is 0.0594. The molecule has 1 unspecified atom stereocenters. The molecule has 0 fully saturated rings. The third-order valence-electron chi connectivity index (χ3n) is 5.10. The number of ether oxygens (including phenoxy) is 1. The Balaban J connectivity index is 1.50. The number of carbonyl (C=O) groups is 1. The fraction of sp³-hybridized carbons (Fsp3) is 0.208. The van der Waals surface area contributed by atoms with Crippen LogP contribution < -0.4 is 4.74 Å². The van der Waals surface area contributed by atoms with Crippen molar-refractivity contribution in [2.45, 2.75) is 31.8 Å². The zero-order chi connectivity index (χ0) is 18.6. The van der Waals surface area contributed by atoms with Crippen molar-refractivity contribution in [2.75, 3.05) is 0 Å². The molecule has 3 heteroatoms. The minimum atomic E-state index is -0.771. The number of hydrogen-bond donors (Lipinski definition) is 1. The summed E-state index contributed by atoms with van der Waals surface area (Å²) >= 11 is 0. The molecule has 1 aliphatic carbocycles. The normalized spacial score (nSPS) is 15.3. The summed E-state index contributed by atoms with van der Waals surface area (Å²) in [5, 5.41) is 8.79. The van der Waals surface area contributed by atoms with Gasteiger partial charge in [0.1, 0.15) is 11.9 Å². The van der Waals surface area contributed by atoms with E-state index in [4.69, 9.17) is 9.84 Å². The van der Waals surface area contributed by atoms with Crippen LogP contribution in [-0.2, 0) is 17.6 Å². The van der Waals surface area contributed by atoms with Crippen LogP contribution in [0.4, 0.5) is 0 Å². The van der Waals surface area contributed by atoms with E-state index in [2.05, 4.69) is 42.5 Å². The molecule has 0 spiro atoms. The van der Waals surface area contributed by atoms with Crippen LogP contribution in [0.15, 0.2) is 72.8 Å². The van der Waals surface area contributed by atoms with Crippen molar-refractivity contribution in [3.63, 3.8) is 0 Å². The lowest BCUT2D eigenvalue weighted by Gasteiger charge is -2.16. The summed E-state index contributed by atoms with van der Waals surface area (Å²) in [7, 11) is 0. The SMILES string of the molecule is O=C(O)CCc1ccc(OC2CCc3ccc(-c4ccccc4)cc32)cc1. The first-order chi connectivity index (χ1) is 13.2. The Morgan fingerprint density at radius 1 is 0.963 bits per heavy atom. The fourth-order valence-electron chi connectivity index (χ4n) is 3.65. The van der Waals surface area contributed by atoms with Gasteiger partial charge in [0.25, 0.3) is 0 Å². The number of carboxylic acids is 1. The van der Waals surface area contributed by atoms with Crippen LogP contribution in [0.2, 0.25) is 0 Å². The zero-order valence-corrected chi connectivity index (χ0v) is 15.1. The average molecular weight is 358 g/mol. The average Bonchev–Trinajstić information content (AvgIpc) is 3.10. The maximum atomic E-state index is 10.7. The van der Waals surface area contributed by atoms with Gasteiger partial charge in [0.2, 0.25) is 0 Å². The lowest BCUT2D eigenvalue weighted by Crippen LogP contribution is -2.04. The molecule has 1 atom stereocenters. The van der Waals surface area contributed by atoms with Crippen LogP contribution in [0.5, 0.6) is 5.75 Å². The first-order valence-electron chi connectivity index (χ1n) is 9.35. The van der Waals surface area contributed by atoms with E-state index in [0.29, 0.717) is 6.42 Å². The van der Waals surface area contributed by atoms with Crippen molar-refractivity contribution in [3.05, 3.63) is 89.5 Å². The third kappa shape index (κ3) is 4.03. The van der Waals surface area contributed by atoms with Gasteiger partial charge in [-0.2, -0.15) is 0 Å². The molecular weight excluding hydrogens is 336 g/mol. The van der Waals surface area contributed by atoms with Gasteiger partial charge in [-0.1, -0.05) is 54.6 Å². The fourth-order valence-corrected chi connectivity index (χ4v) is 3.65. The van der Waals surface area contributed by atoms with E-state index in [9.17, 15) is 4.79 Å². The highest BCUT2D eigenvalue weighted by molar-refractivity contribution is 5.67. The largest absolute Gasteiger partial charge is 0.486 e. The van der Waals surface area contributed by atoms with Crippen LogP contribution >= 0.6 is 0 Å². The molecule has 4 rings (SSSR count). The van der Waals surface area contributed by atoms with Gasteiger partial charge in [0, 0.05) is 6.42 Å². The minimum Gasteiger partial charge on any atom is -0.486 e. The summed E-state index contributed by atoms with van der Waals surface area (Å²) in [6.07, 6.45) is 2.77. The Hall–Kier alpha value is -3.07. The van der Waals surface area contributed by atoms with Gasteiger partial charge < -0.3 is 9.84 Å². The van der Waals surface area contributed by atoms with Gasteiger partial charge in [0.05, 0.1) is 0 Å². The summed E-state index contributed by atoms with van der Waals surface area (Å²) in [5.41, 5.74) is 6.08. The van der Waals surface area contributed by atoms with E-state index in [-0.39, 0.29) is 12.5 Å². The number of benzene rings is 3. The number of carboxylic acid groups (broad SMARTS) is 1. The van der Waals surface area contributed by atoms with E-state index in [1.807, 2.05) is 30.3 Å². The lowest BCUT2D eigenvalue weighted by atomic mass is 10.00. The molecule has 136 valence electrons. The summed E-state index contributed by atoms with van der Waals surface area (Å²) in [4.78, 5) is 10.7. The van der Waals surface area contributed by atoms with Gasteiger partial charge in [0.15, 0.2) is 0 Å². The monoisotopic (exact) mass is 358 g/mol. The van der Waals surface area contributed by atoms with Crippen LogP contribution in [-0.4, -0.2) is 11.1 Å². The number of hydrogen-bond acceptors (Lipinski definition) is 2. The van der Waals surface area contributed by atoms with E-state index in [0.717, 1.165) is 24.2 Å². The molecule has 0 saturated heterocycles. The second-order valence-corrected chi connectivity index (χ2v) is 6.96. The molecule has 0 aromatic heterocycles. The Bertz CT molecular complexity index is 930. The van der Waals surface area contributed by atoms with Crippen LogP contribution in [0.1, 0.15) is 35.6 Å². The smallest absolute Gasteiger partial charge is 0.303 e. The first-order valence-corrected chi connectivity index (χ1v) is 9.35. The van der Waals surface area contributed by atoms with Crippen LogP contribution in [0, 0.1) is 0 Å². The van der Waals surface area contributed by atoms with E-state index < -0.39 is 5.97 Å². The standard InChI is InChI=1S/C24H22O3/c25-24(26)15-8-17-6-12-21(13-7-17)27-23-14-11-19-9-10-20(16-22(19)23)18-4-2-1-3-5-18/h1-7,9-10,12-13,16,23H,8,11,14-15H2,(H,25,26). The third-order valence-corrected chi connectivity index (χ3v) is 5.10. The van der Waals surface area contributed by atoms with Crippen molar-refractivity contribution in [1.82, 2.24) is 0 Å². The Kier molecular flexibility index (Phi) is 4.93. The zero-order valence-electron chi connectivity index (χ0n) is 15.1. The molecule has 0 heterocycles. The van der Waals surface area contributed by atoms with Crippen molar-refractivity contribution in [3.8, 4) is 16.9 Å². The van der Waals surface area contributed by atoms with E-state index >= 15 is 0 Å². The number of aliphatic carboxylic acids is 1. The van der Waals surface area contributed by atoms with Gasteiger partial charge in [-0.3, -0.25) is 4.79 Å². The molecule has 0 amide bonds. The van der Waals surface area contributed by atoms with Gasteiger partial charge in [-0.05, 0) is 65.3 Å². The highest BCUT2D eigenvalue weighted by atomic mass is 16.5. The Morgan fingerprint density at radius 2 is 1.74 bits per heavy atom. The molecule has 3 aromatic carbocycles. The minimum absolute atomic E-state index is 0.0635. The number of fused-ring (bicyclic) bond motifs is 1. The Labute approximate surface area is 159 Å². The van der Waals surface area contributed by atoms with E-state index in [1.165, 1.54) is 22.3 Å². The van der Waals surface area contributed by atoms with Crippen molar-refractivity contribution in [2.24, 2.45) is 0 Å². The first kappa shape index (κ1) is 17.3. The Morgan fingerprint density at radius 3 is 2.48 bits per heavy atom. The van der Waals surface area contributed by atoms with Crippen LogP contribution in [0.25, 0.3) is 11.1 Å². The molecule has 0 bridgehead atoms. The van der Waals surface area contributed by atoms with Gasteiger partial charge >= 0.3 is 5.97 Å². The molecule has 3 aromatic rings. The predicted octanol–water partition coefficient (Wildman–Crippen LogP) is 5.44. The molecule has 1 N–H and O–H groups in total. The van der Waals surface area contributed by atoms with Gasteiger partial charge in [-0.25, -0.2) is 0 Å². The van der Waals surface area contributed by atoms with Crippen molar-refractivity contribution >= 4 is 5.97 Å². The van der Waals surface area contributed by atoms with Crippen molar-refractivity contribution < 1.29 is 14.6 Å². The topological polar surface area (TPSA) is 46.5 Å². The van der Waals surface area contributed by atoms with E-state index in [1.54, 1.807) is 0 Å². The second-order valence-electron chi connectivity index (χ2n) is 6.96. The highest BCUT2D eigenvalue weighted by Crippen LogP contribution is 2.37. The van der Waals surface area contributed by atoms with Crippen LogP contribution in [0.3, 0.4) is 0 Å². The predicted molar refractivity (Wildman–Crippen MR) is 106 cm³/mol. The summed E-state index contributed by atoms with van der Waals surface area (Å²) in [6.45, 7) is 0. The quantitative estimate of drug-likeness (QED) is 0.638. The lowest BCUT2D eigenvalue weighted by molar-refractivity contribution is -0.136. The molecule has 0 aliphatic heterocycles. The number of rotatable bonds is 6. The summed E-state index contributed by atoms with van der Waals surface area (Å²) in [6, 6.07) is 24.8. The maximum Gasteiger partial charge on any atom is 0.303 e. The molecule has 3 nitrogen and oxygen atoms in total. The maximum absolute atomic E-state index is 10.7. The number of aryl methyl sites for hydroxylation is 2.